The van der Waals surface area contributed by atoms with Crippen LogP contribution in [0.1, 0.15) is 37.4 Å². The van der Waals surface area contributed by atoms with Crippen molar-refractivity contribution in [2.45, 2.75) is 32.7 Å². The Labute approximate surface area is 130 Å². The van der Waals surface area contributed by atoms with E-state index in [1.165, 1.54) is 56.7 Å². The maximum atomic E-state index is 3.49. The molecule has 1 saturated heterocycles. The molecule has 1 heterocycles. The zero-order valence-electron chi connectivity index (χ0n) is 13.9. The monoisotopic (exact) mass is 289 g/mol. The van der Waals surface area contributed by atoms with Gasteiger partial charge in [-0.15, -0.1) is 0 Å². The molecule has 0 aromatic heterocycles. The minimum atomic E-state index is 0.439. The Kier molecular flexibility index (Phi) is 6.68. The molecule has 2 rings (SSSR count). The smallest absolute Gasteiger partial charge is 0.0446 e. The summed E-state index contributed by atoms with van der Waals surface area (Å²) in [6, 6.07) is 9.62. The van der Waals surface area contributed by atoms with Gasteiger partial charge in [-0.25, -0.2) is 0 Å². The first-order valence-corrected chi connectivity index (χ1v) is 8.47. The molecule has 0 radical (unpaired) electrons. The lowest BCUT2D eigenvalue weighted by atomic mass is 10.0. The predicted molar refractivity (Wildman–Crippen MR) is 90.8 cm³/mol. The molecule has 0 spiro atoms. The van der Waals surface area contributed by atoms with Crippen LogP contribution >= 0.6 is 0 Å². The van der Waals surface area contributed by atoms with Gasteiger partial charge in [-0.2, -0.15) is 0 Å². The van der Waals surface area contributed by atoms with Crippen LogP contribution in [0.25, 0.3) is 0 Å². The Morgan fingerprint density at radius 3 is 2.14 bits per heavy atom. The SMILES string of the molecule is CCCc1ccc(C(CN2CCN(CC)CC2)NC)cc1. The second kappa shape index (κ2) is 8.52. The molecule has 1 atom stereocenters. The molecule has 1 aromatic carbocycles. The lowest BCUT2D eigenvalue weighted by molar-refractivity contribution is 0.128. The first-order valence-electron chi connectivity index (χ1n) is 8.47. The van der Waals surface area contributed by atoms with Gasteiger partial charge < -0.3 is 10.2 Å². The normalized spacial score (nSPS) is 18.8. The van der Waals surface area contributed by atoms with Crippen molar-refractivity contribution in [3.8, 4) is 0 Å². The van der Waals surface area contributed by atoms with Crippen LogP contribution in [0.5, 0.6) is 0 Å². The maximum Gasteiger partial charge on any atom is 0.0446 e. The molecule has 1 unspecified atom stereocenters. The largest absolute Gasteiger partial charge is 0.312 e. The molecule has 118 valence electrons. The second-order valence-electron chi connectivity index (χ2n) is 6.07. The van der Waals surface area contributed by atoms with Crippen molar-refractivity contribution < 1.29 is 0 Å². The van der Waals surface area contributed by atoms with Crippen molar-refractivity contribution in [2.24, 2.45) is 0 Å². The van der Waals surface area contributed by atoms with E-state index in [2.05, 4.69) is 60.3 Å². The molecule has 3 heteroatoms. The number of hydrogen-bond acceptors (Lipinski definition) is 3. The summed E-state index contributed by atoms with van der Waals surface area (Å²) in [6.45, 7) is 11.6. The molecule has 0 saturated carbocycles. The van der Waals surface area contributed by atoms with Crippen LogP contribution in [0.3, 0.4) is 0 Å². The highest BCUT2D eigenvalue weighted by Crippen LogP contribution is 2.17. The van der Waals surface area contributed by atoms with Crippen molar-refractivity contribution in [1.29, 1.82) is 0 Å². The summed E-state index contributed by atoms with van der Waals surface area (Å²) in [4.78, 5) is 5.12. The Hall–Kier alpha value is -0.900. The van der Waals surface area contributed by atoms with Gasteiger partial charge in [0, 0.05) is 38.8 Å². The van der Waals surface area contributed by atoms with Crippen LogP contribution in [0.4, 0.5) is 0 Å². The quantitative estimate of drug-likeness (QED) is 0.832. The van der Waals surface area contributed by atoms with E-state index in [1.54, 1.807) is 0 Å². The lowest BCUT2D eigenvalue weighted by Crippen LogP contribution is -2.48. The van der Waals surface area contributed by atoms with E-state index in [0.717, 1.165) is 6.54 Å². The molecule has 1 N–H and O–H groups in total. The van der Waals surface area contributed by atoms with Crippen LogP contribution in [-0.4, -0.2) is 56.1 Å². The van der Waals surface area contributed by atoms with Gasteiger partial charge in [0.2, 0.25) is 0 Å². The standard InChI is InChI=1S/C18H31N3/c1-4-6-16-7-9-17(10-8-16)18(19-3)15-21-13-11-20(5-2)12-14-21/h7-10,18-19H,4-6,11-15H2,1-3H3. The summed E-state index contributed by atoms with van der Waals surface area (Å²) in [5.41, 5.74) is 2.86. The van der Waals surface area contributed by atoms with E-state index in [1.807, 2.05) is 0 Å². The third-order valence-corrected chi connectivity index (χ3v) is 4.62. The minimum Gasteiger partial charge on any atom is -0.312 e. The van der Waals surface area contributed by atoms with Gasteiger partial charge in [0.1, 0.15) is 0 Å². The van der Waals surface area contributed by atoms with Crippen molar-refractivity contribution >= 4 is 0 Å². The van der Waals surface area contributed by atoms with Gasteiger partial charge in [0.15, 0.2) is 0 Å². The topological polar surface area (TPSA) is 18.5 Å². The van der Waals surface area contributed by atoms with E-state index in [9.17, 15) is 0 Å². The van der Waals surface area contributed by atoms with E-state index in [-0.39, 0.29) is 0 Å². The molecule has 3 nitrogen and oxygen atoms in total. The highest BCUT2D eigenvalue weighted by atomic mass is 15.3. The van der Waals surface area contributed by atoms with Crippen LogP contribution in [-0.2, 0) is 6.42 Å². The highest BCUT2D eigenvalue weighted by Gasteiger charge is 2.19. The maximum absolute atomic E-state index is 3.49. The first kappa shape index (κ1) is 16.5. The van der Waals surface area contributed by atoms with E-state index in [0.29, 0.717) is 6.04 Å². The third-order valence-electron chi connectivity index (χ3n) is 4.62. The summed E-state index contributed by atoms with van der Waals surface area (Å²) in [7, 11) is 2.08. The fourth-order valence-electron chi connectivity index (χ4n) is 3.11. The molecule has 0 amide bonds. The van der Waals surface area contributed by atoms with Crippen LogP contribution < -0.4 is 5.32 Å². The molecule has 21 heavy (non-hydrogen) atoms. The number of hydrogen-bond donors (Lipinski definition) is 1. The molecule has 1 aliphatic rings. The summed E-state index contributed by atoms with van der Waals surface area (Å²) < 4.78 is 0. The molecule has 0 aliphatic carbocycles. The first-order chi connectivity index (χ1) is 10.3. The Bertz CT molecular complexity index is 393. The Morgan fingerprint density at radius 1 is 1.00 bits per heavy atom. The zero-order valence-corrected chi connectivity index (χ0v) is 13.9. The Morgan fingerprint density at radius 2 is 1.62 bits per heavy atom. The molecular weight excluding hydrogens is 258 g/mol. The van der Waals surface area contributed by atoms with Gasteiger partial charge >= 0.3 is 0 Å². The summed E-state index contributed by atoms with van der Waals surface area (Å²) in [6.07, 6.45) is 2.40. The molecule has 1 aliphatic heterocycles. The zero-order chi connectivity index (χ0) is 15.1. The van der Waals surface area contributed by atoms with Crippen molar-refractivity contribution in [2.75, 3.05) is 46.3 Å². The van der Waals surface area contributed by atoms with Crippen LogP contribution in [0.15, 0.2) is 24.3 Å². The fourth-order valence-corrected chi connectivity index (χ4v) is 3.11. The molecule has 0 bridgehead atoms. The summed E-state index contributed by atoms with van der Waals surface area (Å²) in [5.74, 6) is 0. The number of nitrogens with zero attached hydrogens (tertiary/aromatic N) is 2. The molecular formula is C18H31N3. The number of aryl methyl sites for hydroxylation is 1. The van der Waals surface area contributed by atoms with Gasteiger partial charge in [-0.3, -0.25) is 4.90 Å². The van der Waals surface area contributed by atoms with Gasteiger partial charge in [-0.1, -0.05) is 44.5 Å². The van der Waals surface area contributed by atoms with Crippen molar-refractivity contribution in [3.05, 3.63) is 35.4 Å². The lowest BCUT2D eigenvalue weighted by Gasteiger charge is -2.36. The number of piperazine rings is 1. The van der Waals surface area contributed by atoms with Crippen LogP contribution in [0, 0.1) is 0 Å². The fraction of sp³-hybridized carbons (Fsp3) is 0.667. The number of nitrogens with one attached hydrogen (secondary N) is 1. The summed E-state index contributed by atoms with van der Waals surface area (Å²) in [5, 5.41) is 3.49. The third kappa shape index (κ3) is 4.80. The number of benzene rings is 1. The number of likely N-dealkylation sites (N-methyl/N-ethyl adjacent to an activating group) is 2. The van der Waals surface area contributed by atoms with E-state index >= 15 is 0 Å². The summed E-state index contributed by atoms with van der Waals surface area (Å²) >= 11 is 0. The average molecular weight is 289 g/mol. The second-order valence-corrected chi connectivity index (χ2v) is 6.07. The van der Waals surface area contributed by atoms with Crippen molar-refractivity contribution in [3.63, 3.8) is 0 Å². The average Bonchev–Trinajstić information content (AvgIpc) is 2.54. The van der Waals surface area contributed by atoms with Gasteiger partial charge in [-0.05, 0) is 31.1 Å². The predicted octanol–water partition coefficient (Wildman–Crippen LogP) is 2.54. The Balaban J connectivity index is 1.90. The van der Waals surface area contributed by atoms with Crippen molar-refractivity contribution in [1.82, 2.24) is 15.1 Å². The van der Waals surface area contributed by atoms with E-state index in [4.69, 9.17) is 0 Å². The number of rotatable bonds is 7. The van der Waals surface area contributed by atoms with Crippen LogP contribution in [0.2, 0.25) is 0 Å². The van der Waals surface area contributed by atoms with Gasteiger partial charge in [0.05, 0.1) is 0 Å². The highest BCUT2D eigenvalue weighted by molar-refractivity contribution is 5.25. The van der Waals surface area contributed by atoms with Gasteiger partial charge in [0.25, 0.3) is 0 Å². The molecule has 1 aromatic rings. The minimum absolute atomic E-state index is 0.439. The van der Waals surface area contributed by atoms with E-state index < -0.39 is 0 Å². The molecule has 1 fully saturated rings.